The molecule has 0 saturated carbocycles. The van der Waals surface area contributed by atoms with Crippen LogP contribution in [0.25, 0.3) is 10.9 Å². The number of aromatic hydroxyl groups is 1. The monoisotopic (exact) mass is 344 g/mol. The number of fused-ring (bicyclic) bond motifs is 2. The van der Waals surface area contributed by atoms with Gasteiger partial charge in [-0.05, 0) is 18.2 Å². The SMILES string of the molecule is O=S(=O)(O)c1ccc2c(C3=Nc4ccccc4C3O)c(O)[nH]c2c1. The van der Waals surface area contributed by atoms with Crippen molar-refractivity contribution < 1.29 is 23.2 Å². The number of hydrogen-bond donors (Lipinski definition) is 4. The highest BCUT2D eigenvalue weighted by Gasteiger charge is 2.30. The number of aliphatic hydroxyl groups is 1. The number of nitrogens with zero attached hydrogens (tertiary/aromatic N) is 1. The molecule has 122 valence electrons. The first-order valence-electron chi connectivity index (χ1n) is 7.04. The maximum atomic E-state index is 11.2. The predicted octanol–water partition coefficient (Wildman–Crippen LogP) is 2.29. The van der Waals surface area contributed by atoms with Gasteiger partial charge < -0.3 is 15.2 Å². The molecule has 1 aromatic heterocycles. The molecular weight excluding hydrogens is 332 g/mol. The number of aromatic amines is 1. The summed E-state index contributed by atoms with van der Waals surface area (Å²) in [6, 6.07) is 11.0. The minimum absolute atomic E-state index is 0.233. The molecule has 4 N–H and O–H groups in total. The van der Waals surface area contributed by atoms with Crippen LogP contribution in [-0.4, -0.2) is 33.9 Å². The number of aliphatic imine (C=N–C) groups is 1. The van der Waals surface area contributed by atoms with Crippen LogP contribution in [0.3, 0.4) is 0 Å². The number of nitrogens with one attached hydrogen (secondary N) is 1. The molecule has 1 aliphatic rings. The van der Waals surface area contributed by atoms with Gasteiger partial charge in [-0.1, -0.05) is 24.3 Å². The Labute approximate surface area is 136 Å². The van der Waals surface area contributed by atoms with Crippen molar-refractivity contribution in [2.45, 2.75) is 11.0 Å². The Balaban J connectivity index is 1.92. The zero-order valence-electron chi connectivity index (χ0n) is 12.1. The van der Waals surface area contributed by atoms with Crippen LogP contribution in [0.15, 0.2) is 52.4 Å². The lowest BCUT2D eigenvalue weighted by molar-refractivity contribution is 0.252. The van der Waals surface area contributed by atoms with Gasteiger partial charge in [-0.2, -0.15) is 8.42 Å². The lowest BCUT2D eigenvalue weighted by Gasteiger charge is -2.07. The molecule has 24 heavy (non-hydrogen) atoms. The molecule has 1 aliphatic heterocycles. The predicted molar refractivity (Wildman–Crippen MR) is 87.4 cm³/mol. The van der Waals surface area contributed by atoms with Crippen LogP contribution in [0.1, 0.15) is 17.2 Å². The zero-order chi connectivity index (χ0) is 17.1. The molecule has 0 aliphatic carbocycles. The van der Waals surface area contributed by atoms with E-state index in [4.69, 9.17) is 4.55 Å². The van der Waals surface area contributed by atoms with Crippen LogP contribution in [0.2, 0.25) is 0 Å². The number of aromatic nitrogens is 1. The van der Waals surface area contributed by atoms with Crippen molar-refractivity contribution in [3.05, 3.63) is 53.6 Å². The Hall–Kier alpha value is -2.68. The van der Waals surface area contributed by atoms with Crippen LogP contribution < -0.4 is 0 Å². The van der Waals surface area contributed by atoms with Gasteiger partial charge >= 0.3 is 0 Å². The standard InChI is InChI=1S/C16H12N2O5S/c19-15-10-3-1-2-4-11(10)17-14(15)13-9-6-5-8(24(21,22)23)7-12(9)18-16(13)20/h1-7,15,18-20H,(H,21,22,23). The zero-order valence-corrected chi connectivity index (χ0v) is 12.9. The Morgan fingerprint density at radius 2 is 1.88 bits per heavy atom. The quantitative estimate of drug-likeness (QED) is 0.531. The summed E-state index contributed by atoms with van der Waals surface area (Å²) in [4.78, 5) is 6.74. The molecule has 4 rings (SSSR count). The molecule has 1 atom stereocenters. The van der Waals surface area contributed by atoms with E-state index in [-0.39, 0.29) is 16.5 Å². The van der Waals surface area contributed by atoms with Crippen molar-refractivity contribution >= 4 is 32.4 Å². The fraction of sp³-hybridized carbons (Fsp3) is 0.0625. The van der Waals surface area contributed by atoms with Gasteiger partial charge in [-0.15, -0.1) is 0 Å². The van der Waals surface area contributed by atoms with Crippen LogP contribution in [-0.2, 0) is 10.1 Å². The van der Waals surface area contributed by atoms with Crippen LogP contribution in [0, 0.1) is 0 Å². The third-order valence-corrected chi connectivity index (χ3v) is 4.89. The molecule has 2 aromatic carbocycles. The molecule has 3 aromatic rings. The lowest BCUT2D eigenvalue weighted by atomic mass is 10.0. The fourth-order valence-corrected chi connectivity index (χ4v) is 3.44. The first-order chi connectivity index (χ1) is 11.4. The van der Waals surface area contributed by atoms with Gasteiger partial charge in [0.15, 0.2) is 5.88 Å². The maximum Gasteiger partial charge on any atom is 0.294 e. The van der Waals surface area contributed by atoms with E-state index < -0.39 is 16.2 Å². The van der Waals surface area contributed by atoms with Crippen molar-refractivity contribution in [2.24, 2.45) is 4.99 Å². The Kier molecular flexibility index (Phi) is 3.04. The number of benzene rings is 2. The van der Waals surface area contributed by atoms with Crippen molar-refractivity contribution in [3.63, 3.8) is 0 Å². The van der Waals surface area contributed by atoms with Gasteiger partial charge in [0.2, 0.25) is 0 Å². The summed E-state index contributed by atoms with van der Waals surface area (Å²) >= 11 is 0. The van der Waals surface area contributed by atoms with E-state index in [0.717, 1.165) is 0 Å². The van der Waals surface area contributed by atoms with Gasteiger partial charge in [0.05, 0.1) is 27.4 Å². The Bertz CT molecular complexity index is 1110. The van der Waals surface area contributed by atoms with Gasteiger partial charge in [0.1, 0.15) is 6.10 Å². The van der Waals surface area contributed by atoms with Gasteiger partial charge in [0.25, 0.3) is 10.1 Å². The average Bonchev–Trinajstić information content (AvgIpc) is 3.02. The highest BCUT2D eigenvalue weighted by atomic mass is 32.2. The second kappa shape index (κ2) is 4.91. The number of aliphatic hydroxyl groups excluding tert-OH is 1. The summed E-state index contributed by atoms with van der Waals surface area (Å²) < 4.78 is 31.6. The molecule has 0 amide bonds. The van der Waals surface area contributed by atoms with Crippen molar-refractivity contribution in [1.82, 2.24) is 4.98 Å². The molecule has 2 heterocycles. The normalized spacial score (nSPS) is 17.1. The molecule has 0 radical (unpaired) electrons. The summed E-state index contributed by atoms with van der Waals surface area (Å²) in [5, 5.41) is 21.2. The van der Waals surface area contributed by atoms with Crippen molar-refractivity contribution in [2.75, 3.05) is 0 Å². The highest BCUT2D eigenvalue weighted by Crippen LogP contribution is 2.40. The molecule has 0 fully saturated rings. The van der Waals surface area contributed by atoms with Crippen molar-refractivity contribution in [3.8, 4) is 5.88 Å². The number of hydrogen-bond acceptors (Lipinski definition) is 5. The first kappa shape index (κ1) is 14.9. The van der Waals surface area contributed by atoms with E-state index >= 15 is 0 Å². The number of rotatable bonds is 2. The number of H-pyrrole nitrogens is 1. The van der Waals surface area contributed by atoms with E-state index in [1.165, 1.54) is 18.2 Å². The molecular formula is C16H12N2O5S. The molecule has 8 heteroatoms. The van der Waals surface area contributed by atoms with Gasteiger partial charge in [-0.3, -0.25) is 4.55 Å². The van der Waals surface area contributed by atoms with E-state index in [2.05, 4.69) is 9.98 Å². The minimum Gasteiger partial charge on any atom is -0.494 e. The third kappa shape index (κ3) is 2.12. The van der Waals surface area contributed by atoms with E-state index in [9.17, 15) is 18.6 Å². The first-order valence-corrected chi connectivity index (χ1v) is 8.48. The topological polar surface area (TPSA) is 123 Å². The van der Waals surface area contributed by atoms with E-state index in [0.29, 0.717) is 27.7 Å². The second-order valence-electron chi connectivity index (χ2n) is 5.49. The van der Waals surface area contributed by atoms with E-state index in [1.807, 2.05) is 0 Å². The second-order valence-corrected chi connectivity index (χ2v) is 6.91. The lowest BCUT2D eigenvalue weighted by Crippen LogP contribution is -2.08. The van der Waals surface area contributed by atoms with Crippen LogP contribution >= 0.6 is 0 Å². The third-order valence-electron chi connectivity index (χ3n) is 4.04. The molecule has 0 spiro atoms. The van der Waals surface area contributed by atoms with Crippen LogP contribution in [0.5, 0.6) is 5.88 Å². The summed E-state index contributed by atoms with van der Waals surface area (Å²) in [6.07, 6.45) is -0.993. The van der Waals surface area contributed by atoms with Gasteiger partial charge in [-0.25, -0.2) is 4.99 Å². The van der Waals surface area contributed by atoms with Crippen LogP contribution in [0.4, 0.5) is 5.69 Å². The summed E-state index contributed by atoms with van der Waals surface area (Å²) in [5.41, 5.74) is 2.14. The summed E-state index contributed by atoms with van der Waals surface area (Å²) in [7, 11) is -4.35. The van der Waals surface area contributed by atoms with Crippen molar-refractivity contribution in [1.29, 1.82) is 0 Å². The molecule has 1 unspecified atom stereocenters. The minimum atomic E-state index is -4.35. The molecule has 0 bridgehead atoms. The molecule has 7 nitrogen and oxygen atoms in total. The van der Waals surface area contributed by atoms with E-state index in [1.54, 1.807) is 24.3 Å². The average molecular weight is 344 g/mol. The summed E-state index contributed by atoms with van der Waals surface area (Å²) in [6.45, 7) is 0. The maximum absolute atomic E-state index is 11.2. The summed E-state index contributed by atoms with van der Waals surface area (Å²) in [5.74, 6) is -0.233. The smallest absolute Gasteiger partial charge is 0.294 e. The number of para-hydroxylation sites is 1. The fourth-order valence-electron chi connectivity index (χ4n) is 2.93. The Morgan fingerprint density at radius 1 is 1.12 bits per heavy atom. The van der Waals surface area contributed by atoms with Gasteiger partial charge in [0, 0.05) is 10.9 Å². The largest absolute Gasteiger partial charge is 0.494 e. The molecule has 0 saturated heterocycles. The Morgan fingerprint density at radius 3 is 2.58 bits per heavy atom. The highest BCUT2D eigenvalue weighted by molar-refractivity contribution is 7.85.